The van der Waals surface area contributed by atoms with E-state index >= 15 is 0 Å². The Bertz CT molecular complexity index is 826. The summed E-state index contributed by atoms with van der Waals surface area (Å²) in [6.45, 7) is -0.0370. The molecule has 0 unspecified atom stereocenters. The van der Waals surface area contributed by atoms with Crippen LogP contribution in [0.1, 0.15) is 11.3 Å². The standard InChI is InChI=1S/C18H13F2NO3/c19-14-5-1-12(2-6-14)9-18(22)23-11-16-10-17(24-21-16)13-3-7-15(20)8-4-13/h1-8,10H,9,11H2. The van der Waals surface area contributed by atoms with Crippen molar-refractivity contribution in [2.24, 2.45) is 0 Å². The molecule has 1 heterocycles. The summed E-state index contributed by atoms with van der Waals surface area (Å²) >= 11 is 0. The van der Waals surface area contributed by atoms with Crippen molar-refractivity contribution in [1.29, 1.82) is 0 Å². The van der Waals surface area contributed by atoms with Crippen LogP contribution in [0.3, 0.4) is 0 Å². The van der Waals surface area contributed by atoms with Gasteiger partial charge in [-0.2, -0.15) is 0 Å². The van der Waals surface area contributed by atoms with Gasteiger partial charge in [-0.1, -0.05) is 17.3 Å². The van der Waals surface area contributed by atoms with Gasteiger partial charge in [0.15, 0.2) is 5.76 Å². The molecule has 0 saturated heterocycles. The molecule has 0 aliphatic carbocycles. The van der Waals surface area contributed by atoms with Crippen LogP contribution in [0.4, 0.5) is 8.78 Å². The van der Waals surface area contributed by atoms with Gasteiger partial charge in [-0.3, -0.25) is 4.79 Å². The molecule has 122 valence electrons. The van der Waals surface area contributed by atoms with Crippen LogP contribution in [0.2, 0.25) is 0 Å². The molecule has 0 spiro atoms. The van der Waals surface area contributed by atoms with Crippen molar-refractivity contribution in [1.82, 2.24) is 5.16 Å². The highest BCUT2D eigenvalue weighted by atomic mass is 19.1. The van der Waals surface area contributed by atoms with E-state index in [1.54, 1.807) is 18.2 Å². The molecule has 0 atom stereocenters. The van der Waals surface area contributed by atoms with Gasteiger partial charge in [0.1, 0.15) is 23.9 Å². The average molecular weight is 329 g/mol. The van der Waals surface area contributed by atoms with Crippen LogP contribution < -0.4 is 0 Å². The number of esters is 1. The average Bonchev–Trinajstić information content (AvgIpc) is 3.05. The number of hydrogen-bond acceptors (Lipinski definition) is 4. The Morgan fingerprint density at radius 3 is 2.29 bits per heavy atom. The third-order valence-corrected chi connectivity index (χ3v) is 3.33. The summed E-state index contributed by atoms with van der Waals surface area (Å²) in [5, 5.41) is 3.81. The fourth-order valence-corrected chi connectivity index (χ4v) is 2.10. The number of rotatable bonds is 5. The topological polar surface area (TPSA) is 52.3 Å². The Balaban J connectivity index is 1.56. The molecule has 0 bridgehead atoms. The number of halogens is 2. The summed E-state index contributed by atoms with van der Waals surface area (Å²) in [7, 11) is 0. The van der Waals surface area contributed by atoms with Crippen LogP contribution in [0, 0.1) is 11.6 Å². The highest BCUT2D eigenvalue weighted by molar-refractivity contribution is 5.72. The van der Waals surface area contributed by atoms with Crippen molar-refractivity contribution in [3.63, 3.8) is 0 Å². The molecule has 0 N–H and O–H groups in total. The molecule has 0 aliphatic rings. The Morgan fingerprint density at radius 2 is 1.62 bits per heavy atom. The summed E-state index contributed by atoms with van der Waals surface area (Å²) in [6.07, 6.45) is 0.0446. The van der Waals surface area contributed by atoms with E-state index in [2.05, 4.69) is 5.16 Å². The predicted octanol–water partition coefficient (Wildman–Crippen LogP) is 3.91. The number of nitrogens with zero attached hydrogens (tertiary/aromatic N) is 1. The van der Waals surface area contributed by atoms with Gasteiger partial charge < -0.3 is 9.26 Å². The number of carbonyl (C=O) groups excluding carboxylic acids is 1. The molecule has 2 aromatic carbocycles. The first-order chi connectivity index (χ1) is 11.6. The van der Waals surface area contributed by atoms with Gasteiger partial charge in [0.05, 0.1) is 6.42 Å². The SMILES string of the molecule is O=C(Cc1ccc(F)cc1)OCc1cc(-c2ccc(F)cc2)on1. The van der Waals surface area contributed by atoms with E-state index in [0.29, 0.717) is 22.6 Å². The summed E-state index contributed by atoms with van der Waals surface area (Å²) < 4.78 is 36.0. The molecular formula is C18H13F2NO3. The maximum Gasteiger partial charge on any atom is 0.310 e. The van der Waals surface area contributed by atoms with E-state index < -0.39 is 5.97 Å². The van der Waals surface area contributed by atoms with Crippen molar-refractivity contribution in [3.05, 3.63) is 77.5 Å². The molecule has 24 heavy (non-hydrogen) atoms. The zero-order valence-electron chi connectivity index (χ0n) is 12.5. The maximum absolute atomic E-state index is 12.9. The lowest BCUT2D eigenvalue weighted by Crippen LogP contribution is -2.08. The van der Waals surface area contributed by atoms with Crippen LogP contribution in [0.15, 0.2) is 59.1 Å². The van der Waals surface area contributed by atoms with E-state index in [1.165, 1.54) is 36.4 Å². The first kappa shape index (κ1) is 15.9. The van der Waals surface area contributed by atoms with Crippen LogP contribution in [-0.4, -0.2) is 11.1 Å². The molecular weight excluding hydrogens is 316 g/mol. The van der Waals surface area contributed by atoms with Gasteiger partial charge in [0, 0.05) is 11.6 Å². The maximum atomic E-state index is 12.9. The summed E-state index contributed by atoms with van der Waals surface area (Å²) in [4.78, 5) is 11.8. The predicted molar refractivity (Wildman–Crippen MR) is 81.8 cm³/mol. The monoisotopic (exact) mass is 329 g/mol. The Morgan fingerprint density at radius 1 is 1.00 bits per heavy atom. The minimum Gasteiger partial charge on any atom is -0.459 e. The highest BCUT2D eigenvalue weighted by Crippen LogP contribution is 2.21. The van der Waals surface area contributed by atoms with E-state index in [4.69, 9.17) is 9.26 Å². The highest BCUT2D eigenvalue weighted by Gasteiger charge is 2.10. The zero-order valence-corrected chi connectivity index (χ0v) is 12.5. The second kappa shape index (κ2) is 7.04. The van der Waals surface area contributed by atoms with Crippen molar-refractivity contribution in [2.75, 3.05) is 0 Å². The quantitative estimate of drug-likeness (QED) is 0.666. The Labute approximate surface area is 136 Å². The Kier molecular flexibility index (Phi) is 4.65. The summed E-state index contributed by atoms with van der Waals surface area (Å²) in [5.41, 5.74) is 1.78. The van der Waals surface area contributed by atoms with Crippen LogP contribution in [0.25, 0.3) is 11.3 Å². The van der Waals surface area contributed by atoms with E-state index in [1.807, 2.05) is 0 Å². The van der Waals surface area contributed by atoms with Crippen LogP contribution in [-0.2, 0) is 22.6 Å². The van der Waals surface area contributed by atoms with Crippen molar-refractivity contribution >= 4 is 5.97 Å². The minimum absolute atomic E-state index is 0.0370. The smallest absolute Gasteiger partial charge is 0.310 e. The first-order valence-corrected chi connectivity index (χ1v) is 7.22. The van der Waals surface area contributed by atoms with Crippen molar-refractivity contribution in [3.8, 4) is 11.3 Å². The first-order valence-electron chi connectivity index (χ1n) is 7.22. The summed E-state index contributed by atoms with van der Waals surface area (Å²) in [6, 6.07) is 13.0. The number of benzene rings is 2. The van der Waals surface area contributed by atoms with Gasteiger partial charge in [0.2, 0.25) is 0 Å². The number of ether oxygens (including phenoxy) is 1. The lowest BCUT2D eigenvalue weighted by atomic mass is 10.1. The second-order valence-corrected chi connectivity index (χ2v) is 5.15. The lowest BCUT2D eigenvalue weighted by molar-refractivity contribution is -0.144. The van der Waals surface area contributed by atoms with Crippen LogP contribution in [0.5, 0.6) is 0 Å². The molecule has 0 amide bonds. The molecule has 3 aromatic rings. The van der Waals surface area contributed by atoms with Gasteiger partial charge in [-0.25, -0.2) is 8.78 Å². The largest absolute Gasteiger partial charge is 0.459 e. The molecule has 0 aliphatic heterocycles. The van der Waals surface area contributed by atoms with Gasteiger partial charge >= 0.3 is 5.97 Å². The van der Waals surface area contributed by atoms with Crippen LogP contribution >= 0.6 is 0 Å². The number of hydrogen-bond donors (Lipinski definition) is 0. The third-order valence-electron chi connectivity index (χ3n) is 3.33. The van der Waals surface area contributed by atoms with Gasteiger partial charge in [0.25, 0.3) is 0 Å². The fraction of sp³-hybridized carbons (Fsp3) is 0.111. The zero-order chi connectivity index (χ0) is 16.9. The molecule has 0 saturated carbocycles. The third kappa shape index (κ3) is 4.04. The normalized spacial score (nSPS) is 10.6. The molecule has 1 aromatic heterocycles. The van der Waals surface area contributed by atoms with E-state index in [9.17, 15) is 13.6 Å². The molecule has 4 nitrogen and oxygen atoms in total. The van der Waals surface area contributed by atoms with E-state index in [0.717, 1.165) is 0 Å². The van der Waals surface area contributed by atoms with Gasteiger partial charge in [-0.15, -0.1) is 0 Å². The van der Waals surface area contributed by atoms with Crippen molar-refractivity contribution < 1.29 is 22.8 Å². The summed E-state index contributed by atoms with van der Waals surface area (Å²) in [5.74, 6) is -0.691. The fourth-order valence-electron chi connectivity index (χ4n) is 2.10. The number of carbonyl (C=O) groups is 1. The molecule has 6 heteroatoms. The molecule has 3 rings (SSSR count). The Hall–Kier alpha value is -3.02. The molecule has 0 fully saturated rings. The minimum atomic E-state index is -0.451. The lowest BCUT2D eigenvalue weighted by Gasteiger charge is -2.02. The van der Waals surface area contributed by atoms with Gasteiger partial charge in [-0.05, 0) is 42.0 Å². The van der Waals surface area contributed by atoms with Crippen molar-refractivity contribution in [2.45, 2.75) is 13.0 Å². The number of aromatic nitrogens is 1. The van der Waals surface area contributed by atoms with E-state index in [-0.39, 0.29) is 24.7 Å². The molecule has 0 radical (unpaired) electrons. The second-order valence-electron chi connectivity index (χ2n) is 5.15.